The van der Waals surface area contributed by atoms with Gasteiger partial charge in [-0.05, 0) is 55.6 Å². The maximum Gasteiger partial charge on any atom is 0.0482 e. The van der Waals surface area contributed by atoms with Crippen LogP contribution in [-0.4, -0.2) is 19.6 Å². The highest BCUT2D eigenvalue weighted by Crippen LogP contribution is 2.50. The molecule has 0 radical (unpaired) electrons. The summed E-state index contributed by atoms with van der Waals surface area (Å²) in [4.78, 5) is 2.65. The van der Waals surface area contributed by atoms with Gasteiger partial charge in [0.15, 0.2) is 0 Å². The zero-order valence-corrected chi connectivity index (χ0v) is 14.7. The zero-order chi connectivity index (χ0) is 15.1. The van der Waals surface area contributed by atoms with Crippen LogP contribution in [0.25, 0.3) is 0 Å². The molecule has 2 aliphatic rings. The number of hydrogen-bond donors (Lipinski definition) is 1. The number of aryl methyl sites for hydroxylation is 2. The number of nitrogens with one attached hydrogen (secondary N) is 1. The molecular formula is C20H25ClN2. The van der Waals surface area contributed by atoms with Gasteiger partial charge < -0.3 is 10.2 Å². The van der Waals surface area contributed by atoms with E-state index in [2.05, 4.69) is 66.7 Å². The number of anilines is 2. The van der Waals surface area contributed by atoms with Crippen molar-refractivity contribution in [2.45, 2.75) is 38.1 Å². The van der Waals surface area contributed by atoms with Gasteiger partial charge in [0, 0.05) is 23.3 Å². The molecule has 0 saturated heterocycles. The van der Waals surface area contributed by atoms with E-state index in [1.54, 1.807) is 0 Å². The molecule has 0 aromatic heterocycles. The van der Waals surface area contributed by atoms with Crippen molar-refractivity contribution in [2.75, 3.05) is 18.5 Å². The van der Waals surface area contributed by atoms with Crippen LogP contribution in [0.1, 0.15) is 36.0 Å². The zero-order valence-electron chi connectivity index (χ0n) is 13.9. The van der Waals surface area contributed by atoms with E-state index in [1.807, 2.05) is 0 Å². The third-order valence-electron chi connectivity index (χ3n) is 5.40. The van der Waals surface area contributed by atoms with Gasteiger partial charge >= 0.3 is 0 Å². The lowest BCUT2D eigenvalue weighted by molar-refractivity contribution is 0.535. The van der Waals surface area contributed by atoms with Crippen molar-refractivity contribution < 1.29 is 0 Å². The second-order valence-electron chi connectivity index (χ2n) is 6.60. The number of hydrogen-bond acceptors (Lipinski definition) is 2. The van der Waals surface area contributed by atoms with E-state index in [-0.39, 0.29) is 12.4 Å². The van der Waals surface area contributed by atoms with Crippen LogP contribution < -0.4 is 10.2 Å². The lowest BCUT2D eigenvalue weighted by Crippen LogP contribution is -2.32. The fraction of sp³-hybridized carbons (Fsp3) is 0.400. The lowest BCUT2D eigenvalue weighted by Gasteiger charge is -2.31. The minimum atomic E-state index is 0. The Hall–Kier alpha value is -1.51. The second-order valence-corrected chi connectivity index (χ2v) is 6.60. The molecule has 4 rings (SSSR count). The summed E-state index contributed by atoms with van der Waals surface area (Å²) in [7, 11) is 2.05. The van der Waals surface area contributed by atoms with Crippen LogP contribution in [0.2, 0.25) is 0 Å². The molecule has 0 spiro atoms. The van der Waals surface area contributed by atoms with E-state index in [0.29, 0.717) is 12.0 Å². The Morgan fingerprint density at radius 1 is 1.04 bits per heavy atom. The molecule has 2 atom stereocenters. The number of rotatable bonds is 3. The molecule has 0 aliphatic carbocycles. The van der Waals surface area contributed by atoms with Crippen molar-refractivity contribution >= 4 is 23.8 Å². The first-order valence-electron chi connectivity index (χ1n) is 8.45. The van der Waals surface area contributed by atoms with Gasteiger partial charge in [0.05, 0.1) is 0 Å². The standard InChI is InChI=1S/C20H24N2.ClH/c1-14-17-8-5-7-16-11-10-15-6-3-4-9-19(15)22(20(16)17)18(14)12-13-21-2;/h3-9,14,18,21H,10-13H2,1-2H3;1H/t14-,18+;/m1./s1. The topological polar surface area (TPSA) is 15.3 Å². The van der Waals surface area contributed by atoms with Crippen molar-refractivity contribution in [3.8, 4) is 0 Å². The second kappa shape index (κ2) is 6.54. The fourth-order valence-electron chi connectivity index (χ4n) is 4.27. The third-order valence-corrected chi connectivity index (χ3v) is 5.40. The van der Waals surface area contributed by atoms with Crippen LogP contribution in [0.3, 0.4) is 0 Å². The SMILES string of the molecule is CNCC[C@H]1[C@H](C)c2cccc3c2N1c1ccccc1CC3.Cl. The molecule has 0 unspecified atom stereocenters. The summed E-state index contributed by atoms with van der Waals surface area (Å²) in [5.74, 6) is 0.592. The summed E-state index contributed by atoms with van der Waals surface area (Å²) >= 11 is 0. The van der Waals surface area contributed by atoms with Crippen molar-refractivity contribution in [1.82, 2.24) is 5.32 Å². The van der Waals surface area contributed by atoms with Gasteiger partial charge in [0.25, 0.3) is 0 Å². The van der Waals surface area contributed by atoms with Crippen LogP contribution in [0.5, 0.6) is 0 Å². The summed E-state index contributed by atoms with van der Waals surface area (Å²) in [6.45, 7) is 3.46. The molecule has 2 aliphatic heterocycles. The molecule has 0 amide bonds. The summed E-state index contributed by atoms with van der Waals surface area (Å²) in [5.41, 5.74) is 7.48. The van der Waals surface area contributed by atoms with E-state index in [9.17, 15) is 0 Å². The summed E-state index contributed by atoms with van der Waals surface area (Å²) in [6, 6.07) is 16.4. The molecule has 2 heterocycles. The Labute approximate surface area is 145 Å². The predicted molar refractivity (Wildman–Crippen MR) is 100 cm³/mol. The van der Waals surface area contributed by atoms with Crippen molar-refractivity contribution in [2.24, 2.45) is 0 Å². The van der Waals surface area contributed by atoms with Gasteiger partial charge in [-0.25, -0.2) is 0 Å². The van der Waals surface area contributed by atoms with E-state index >= 15 is 0 Å². The highest BCUT2D eigenvalue weighted by atomic mass is 35.5. The first kappa shape index (κ1) is 16.4. The Kier molecular flexibility index (Phi) is 4.65. The lowest BCUT2D eigenvalue weighted by atomic mass is 9.92. The number of benzene rings is 2. The molecule has 2 aromatic rings. The monoisotopic (exact) mass is 328 g/mol. The van der Waals surface area contributed by atoms with Crippen LogP contribution in [0.4, 0.5) is 11.4 Å². The maximum absolute atomic E-state index is 3.33. The van der Waals surface area contributed by atoms with E-state index in [1.165, 1.54) is 34.5 Å². The third kappa shape index (κ3) is 2.54. The van der Waals surface area contributed by atoms with E-state index < -0.39 is 0 Å². The number of fused-ring (bicyclic) bond motifs is 2. The average Bonchev–Trinajstić information content (AvgIpc) is 2.73. The number of nitrogens with zero attached hydrogens (tertiary/aromatic N) is 1. The highest BCUT2D eigenvalue weighted by Gasteiger charge is 2.39. The minimum Gasteiger partial charge on any atom is -0.337 e. The van der Waals surface area contributed by atoms with Crippen LogP contribution in [0.15, 0.2) is 42.5 Å². The first-order valence-corrected chi connectivity index (χ1v) is 8.45. The van der Waals surface area contributed by atoms with Crippen LogP contribution >= 0.6 is 12.4 Å². The predicted octanol–water partition coefficient (Wildman–Crippen LogP) is 4.44. The number of halogens is 1. The van der Waals surface area contributed by atoms with E-state index in [4.69, 9.17) is 0 Å². The van der Waals surface area contributed by atoms with Gasteiger partial charge in [-0.1, -0.05) is 43.3 Å². The summed E-state index contributed by atoms with van der Waals surface area (Å²) < 4.78 is 0. The molecule has 23 heavy (non-hydrogen) atoms. The Morgan fingerprint density at radius 3 is 2.61 bits per heavy atom. The van der Waals surface area contributed by atoms with E-state index in [0.717, 1.165) is 19.4 Å². The molecular weight excluding hydrogens is 304 g/mol. The Morgan fingerprint density at radius 2 is 1.78 bits per heavy atom. The highest BCUT2D eigenvalue weighted by molar-refractivity contribution is 5.85. The van der Waals surface area contributed by atoms with Crippen LogP contribution in [-0.2, 0) is 12.8 Å². The average molecular weight is 329 g/mol. The minimum absolute atomic E-state index is 0. The van der Waals surface area contributed by atoms with Crippen LogP contribution in [0, 0.1) is 0 Å². The van der Waals surface area contributed by atoms with Crippen molar-refractivity contribution in [3.63, 3.8) is 0 Å². The fourth-order valence-corrected chi connectivity index (χ4v) is 4.27. The molecule has 1 N–H and O–H groups in total. The van der Waals surface area contributed by atoms with Gasteiger partial charge in [0.2, 0.25) is 0 Å². The normalized spacial score (nSPS) is 21.2. The van der Waals surface area contributed by atoms with Gasteiger partial charge in [-0.3, -0.25) is 0 Å². The Balaban J connectivity index is 0.00000156. The molecule has 0 saturated carbocycles. The molecule has 2 aromatic carbocycles. The smallest absolute Gasteiger partial charge is 0.0482 e. The summed E-state index contributed by atoms with van der Waals surface area (Å²) in [5, 5.41) is 3.33. The van der Waals surface area contributed by atoms with Gasteiger partial charge in [0.1, 0.15) is 0 Å². The molecule has 2 nitrogen and oxygen atoms in total. The first-order chi connectivity index (χ1) is 10.8. The molecule has 122 valence electrons. The van der Waals surface area contributed by atoms with Crippen molar-refractivity contribution in [3.05, 3.63) is 59.2 Å². The van der Waals surface area contributed by atoms with Gasteiger partial charge in [-0.2, -0.15) is 0 Å². The quantitative estimate of drug-likeness (QED) is 0.896. The molecule has 3 heteroatoms. The Bertz CT molecular complexity index is 698. The molecule has 0 bridgehead atoms. The van der Waals surface area contributed by atoms with Crippen molar-refractivity contribution in [1.29, 1.82) is 0 Å². The van der Waals surface area contributed by atoms with Gasteiger partial charge in [-0.15, -0.1) is 12.4 Å². The maximum atomic E-state index is 3.33. The number of para-hydroxylation sites is 2. The largest absolute Gasteiger partial charge is 0.337 e. The summed E-state index contributed by atoms with van der Waals surface area (Å²) in [6.07, 6.45) is 3.48. The molecule has 0 fully saturated rings.